The van der Waals surface area contributed by atoms with Crippen molar-refractivity contribution in [2.75, 3.05) is 0 Å². The molecule has 138 valence electrons. The van der Waals surface area contributed by atoms with E-state index in [9.17, 15) is 9.59 Å². The number of carbonyl (C=O) groups is 2. The molecule has 2 rings (SSSR count). The van der Waals surface area contributed by atoms with Crippen molar-refractivity contribution >= 4 is 11.9 Å². The Morgan fingerprint density at radius 1 is 1.00 bits per heavy atom. The highest BCUT2D eigenvalue weighted by Crippen LogP contribution is 2.09. The van der Waals surface area contributed by atoms with Gasteiger partial charge in [-0.2, -0.15) is 0 Å². The summed E-state index contributed by atoms with van der Waals surface area (Å²) in [5.74, 6) is -1.10. The minimum atomic E-state index is -0.870. The first kappa shape index (κ1) is 19.7. The van der Waals surface area contributed by atoms with Crippen molar-refractivity contribution in [3.63, 3.8) is 0 Å². The van der Waals surface area contributed by atoms with E-state index >= 15 is 0 Å². The predicted octanol–water partition coefficient (Wildman–Crippen LogP) is 3.18. The molecule has 1 unspecified atom stereocenters. The van der Waals surface area contributed by atoms with E-state index in [1.807, 2.05) is 60.7 Å². The Morgan fingerprint density at radius 2 is 1.58 bits per heavy atom. The van der Waals surface area contributed by atoms with Crippen LogP contribution in [0.5, 0.6) is 0 Å². The molecule has 5 nitrogen and oxygen atoms in total. The van der Waals surface area contributed by atoms with Gasteiger partial charge in [0.25, 0.3) is 0 Å². The third-order valence-electron chi connectivity index (χ3n) is 4.09. The molecule has 1 amide bonds. The summed E-state index contributed by atoms with van der Waals surface area (Å²) in [6.45, 7) is 2.06. The number of aliphatic carboxylic acids is 1. The molecule has 0 heterocycles. The minimum absolute atomic E-state index is 0.0109. The fourth-order valence-electron chi connectivity index (χ4n) is 2.61. The van der Waals surface area contributed by atoms with Gasteiger partial charge in [0.05, 0.1) is 6.61 Å². The molecule has 0 saturated heterocycles. The van der Waals surface area contributed by atoms with Crippen LogP contribution in [0.2, 0.25) is 0 Å². The SMILES string of the molecule is C[C@@H](OCc1ccccc1)C(=O)NC(CCC(=O)O)Cc1ccccc1. The number of carboxylic acid groups (broad SMARTS) is 1. The Labute approximate surface area is 154 Å². The number of ether oxygens (including phenoxy) is 1. The van der Waals surface area contributed by atoms with Crippen molar-refractivity contribution in [2.45, 2.75) is 44.9 Å². The first-order valence-corrected chi connectivity index (χ1v) is 8.76. The van der Waals surface area contributed by atoms with Gasteiger partial charge < -0.3 is 15.2 Å². The topological polar surface area (TPSA) is 75.6 Å². The third-order valence-corrected chi connectivity index (χ3v) is 4.09. The summed E-state index contributed by atoms with van der Waals surface area (Å²) in [7, 11) is 0. The maximum Gasteiger partial charge on any atom is 0.303 e. The van der Waals surface area contributed by atoms with Crippen molar-refractivity contribution in [2.24, 2.45) is 0 Å². The summed E-state index contributed by atoms with van der Waals surface area (Å²) >= 11 is 0. The first-order valence-electron chi connectivity index (χ1n) is 8.76. The van der Waals surface area contributed by atoms with Gasteiger partial charge in [0, 0.05) is 12.5 Å². The average Bonchev–Trinajstić information content (AvgIpc) is 2.65. The molecule has 0 fully saturated rings. The van der Waals surface area contributed by atoms with Crippen LogP contribution in [0.15, 0.2) is 60.7 Å². The van der Waals surface area contributed by atoms with Crippen LogP contribution >= 0.6 is 0 Å². The first-order chi connectivity index (χ1) is 12.5. The molecule has 2 N–H and O–H groups in total. The quantitative estimate of drug-likeness (QED) is 0.686. The van der Waals surface area contributed by atoms with Crippen molar-refractivity contribution < 1.29 is 19.4 Å². The Bertz CT molecular complexity index is 688. The molecule has 0 bridgehead atoms. The lowest BCUT2D eigenvalue weighted by atomic mass is 10.0. The van der Waals surface area contributed by atoms with Crippen molar-refractivity contribution in [3.05, 3.63) is 71.8 Å². The number of nitrogens with one attached hydrogen (secondary N) is 1. The van der Waals surface area contributed by atoms with Crippen LogP contribution in [0.3, 0.4) is 0 Å². The molecule has 0 radical (unpaired) electrons. The molecule has 0 aliphatic heterocycles. The van der Waals surface area contributed by atoms with Crippen LogP contribution in [-0.4, -0.2) is 29.1 Å². The molecule has 2 atom stereocenters. The lowest BCUT2D eigenvalue weighted by molar-refractivity contribution is -0.138. The predicted molar refractivity (Wildman–Crippen MR) is 99.6 cm³/mol. The second kappa shape index (κ2) is 10.4. The van der Waals surface area contributed by atoms with Gasteiger partial charge in [-0.15, -0.1) is 0 Å². The number of amides is 1. The van der Waals surface area contributed by atoms with Gasteiger partial charge in [-0.25, -0.2) is 0 Å². The Balaban J connectivity index is 1.89. The molecule has 2 aromatic rings. The Morgan fingerprint density at radius 3 is 2.15 bits per heavy atom. The zero-order chi connectivity index (χ0) is 18.8. The number of carbonyl (C=O) groups excluding carboxylic acids is 1. The molecule has 0 saturated carbocycles. The van der Waals surface area contributed by atoms with E-state index in [2.05, 4.69) is 5.32 Å². The monoisotopic (exact) mass is 355 g/mol. The third kappa shape index (κ3) is 7.07. The highest BCUT2D eigenvalue weighted by Gasteiger charge is 2.19. The Hall–Kier alpha value is -2.66. The summed E-state index contributed by atoms with van der Waals surface area (Å²) in [4.78, 5) is 23.3. The van der Waals surface area contributed by atoms with Gasteiger partial charge in [0.2, 0.25) is 5.91 Å². The summed E-state index contributed by atoms with van der Waals surface area (Å²) in [6.07, 6.45) is 0.363. The van der Waals surface area contributed by atoms with Gasteiger partial charge in [0.1, 0.15) is 6.10 Å². The van der Waals surface area contributed by atoms with E-state index in [1.54, 1.807) is 6.92 Å². The maximum absolute atomic E-state index is 12.4. The zero-order valence-electron chi connectivity index (χ0n) is 14.9. The molecule has 0 aliphatic carbocycles. The summed E-state index contributed by atoms with van der Waals surface area (Å²) < 4.78 is 5.64. The van der Waals surface area contributed by atoms with Gasteiger partial charge in [-0.3, -0.25) is 9.59 Å². The van der Waals surface area contributed by atoms with Crippen LogP contribution in [0.25, 0.3) is 0 Å². The number of benzene rings is 2. The fourth-order valence-corrected chi connectivity index (χ4v) is 2.61. The zero-order valence-corrected chi connectivity index (χ0v) is 14.9. The summed E-state index contributed by atoms with van der Waals surface area (Å²) in [5, 5.41) is 11.9. The second-order valence-electron chi connectivity index (χ2n) is 6.27. The van der Waals surface area contributed by atoms with Gasteiger partial charge in [-0.1, -0.05) is 60.7 Å². The van der Waals surface area contributed by atoms with Gasteiger partial charge in [0.15, 0.2) is 0 Å². The lowest BCUT2D eigenvalue weighted by Gasteiger charge is -2.21. The maximum atomic E-state index is 12.4. The summed E-state index contributed by atoms with van der Waals surface area (Å²) in [5.41, 5.74) is 2.06. The largest absolute Gasteiger partial charge is 0.481 e. The second-order valence-corrected chi connectivity index (χ2v) is 6.27. The van der Waals surface area contributed by atoms with Crippen LogP contribution in [0.4, 0.5) is 0 Å². The number of hydrogen-bond acceptors (Lipinski definition) is 3. The number of hydrogen-bond donors (Lipinski definition) is 2. The van der Waals surface area contributed by atoms with E-state index in [1.165, 1.54) is 0 Å². The molecule has 26 heavy (non-hydrogen) atoms. The molecule has 5 heteroatoms. The van der Waals surface area contributed by atoms with Crippen molar-refractivity contribution in [1.82, 2.24) is 5.32 Å². The van der Waals surface area contributed by atoms with E-state index < -0.39 is 12.1 Å². The minimum Gasteiger partial charge on any atom is -0.481 e. The van der Waals surface area contributed by atoms with E-state index in [0.29, 0.717) is 19.4 Å². The van der Waals surface area contributed by atoms with Gasteiger partial charge >= 0.3 is 5.97 Å². The molecular weight excluding hydrogens is 330 g/mol. The molecule has 0 aliphatic rings. The molecule has 2 aromatic carbocycles. The van der Waals surface area contributed by atoms with Gasteiger partial charge in [-0.05, 0) is 30.9 Å². The summed E-state index contributed by atoms with van der Waals surface area (Å²) in [6, 6.07) is 19.1. The van der Waals surface area contributed by atoms with Crippen molar-refractivity contribution in [1.29, 1.82) is 0 Å². The Kier molecular flexibility index (Phi) is 7.83. The van der Waals surface area contributed by atoms with E-state index in [4.69, 9.17) is 9.84 Å². The fraction of sp³-hybridized carbons (Fsp3) is 0.333. The van der Waals surface area contributed by atoms with Crippen LogP contribution in [0.1, 0.15) is 30.9 Å². The standard InChI is InChI=1S/C21H25NO4/c1-16(26-15-18-10-6-3-7-11-18)21(25)22-19(12-13-20(23)24)14-17-8-4-2-5-9-17/h2-11,16,19H,12-15H2,1H3,(H,22,25)(H,23,24)/t16-,19?/m1/s1. The molecule has 0 aromatic heterocycles. The van der Waals surface area contributed by atoms with Crippen LogP contribution < -0.4 is 5.32 Å². The van der Waals surface area contributed by atoms with E-state index in [0.717, 1.165) is 11.1 Å². The number of carboxylic acids is 1. The highest BCUT2D eigenvalue weighted by atomic mass is 16.5. The number of rotatable bonds is 10. The average molecular weight is 355 g/mol. The molecular formula is C21H25NO4. The van der Waals surface area contributed by atoms with E-state index in [-0.39, 0.29) is 18.4 Å². The smallest absolute Gasteiger partial charge is 0.303 e. The lowest BCUT2D eigenvalue weighted by Crippen LogP contribution is -2.42. The highest BCUT2D eigenvalue weighted by molar-refractivity contribution is 5.80. The molecule has 0 spiro atoms. The van der Waals surface area contributed by atoms with Crippen LogP contribution in [0, 0.1) is 0 Å². The normalized spacial score (nSPS) is 13.0. The van der Waals surface area contributed by atoms with Crippen LogP contribution in [-0.2, 0) is 27.4 Å². The van der Waals surface area contributed by atoms with Crippen molar-refractivity contribution in [3.8, 4) is 0 Å².